The van der Waals surface area contributed by atoms with Crippen molar-refractivity contribution in [2.75, 3.05) is 0 Å². The van der Waals surface area contributed by atoms with Gasteiger partial charge in [0.15, 0.2) is 0 Å². The van der Waals surface area contributed by atoms with Crippen molar-refractivity contribution in [2.24, 2.45) is 0 Å². The Balaban J connectivity index is 1.46. The molecule has 164 valence electrons. The number of aromatic nitrogens is 2. The predicted octanol–water partition coefficient (Wildman–Crippen LogP) is 6.21. The summed E-state index contributed by atoms with van der Waals surface area (Å²) < 4.78 is 1.97. The summed E-state index contributed by atoms with van der Waals surface area (Å²) >= 11 is 0. The van der Waals surface area contributed by atoms with Crippen LogP contribution in [0.25, 0.3) is 5.69 Å². The van der Waals surface area contributed by atoms with Crippen molar-refractivity contribution in [2.45, 2.75) is 103 Å². The minimum atomic E-state index is 0.203. The van der Waals surface area contributed by atoms with E-state index in [0.717, 1.165) is 36.3 Å². The molecule has 1 aromatic heterocycles. The summed E-state index contributed by atoms with van der Waals surface area (Å²) in [7, 11) is 0. The number of carbonyl (C=O) groups excluding carboxylic acids is 1. The highest BCUT2D eigenvalue weighted by Crippen LogP contribution is 2.18. The zero-order chi connectivity index (χ0) is 21.2. The SMILES string of the molecule is Cc1cc(C)n(-c2ccc(CCC(=O)NC3CCCCCCCCCCC3)cc2)n1. The van der Waals surface area contributed by atoms with E-state index in [4.69, 9.17) is 0 Å². The first-order valence-electron chi connectivity index (χ1n) is 12.0. The van der Waals surface area contributed by atoms with Crippen molar-refractivity contribution in [3.05, 3.63) is 47.3 Å². The Hall–Kier alpha value is -2.10. The Bertz CT molecular complexity index is 766. The van der Waals surface area contributed by atoms with Crippen LogP contribution in [0, 0.1) is 13.8 Å². The van der Waals surface area contributed by atoms with E-state index < -0.39 is 0 Å². The topological polar surface area (TPSA) is 46.9 Å². The van der Waals surface area contributed by atoms with Crippen LogP contribution in [0.5, 0.6) is 0 Å². The molecule has 3 rings (SSSR count). The van der Waals surface area contributed by atoms with Crippen LogP contribution in [0.2, 0.25) is 0 Å². The third-order valence-corrected chi connectivity index (χ3v) is 6.30. The first kappa shape index (κ1) is 22.6. The van der Waals surface area contributed by atoms with Gasteiger partial charge in [-0.1, -0.05) is 69.9 Å². The molecule has 1 N–H and O–H groups in total. The number of benzene rings is 1. The fourth-order valence-electron chi connectivity index (χ4n) is 4.56. The van der Waals surface area contributed by atoms with Gasteiger partial charge < -0.3 is 5.32 Å². The van der Waals surface area contributed by atoms with Gasteiger partial charge in [-0.15, -0.1) is 0 Å². The van der Waals surface area contributed by atoms with E-state index in [1.165, 1.54) is 63.4 Å². The lowest BCUT2D eigenvalue weighted by Crippen LogP contribution is -2.35. The second-order valence-corrected chi connectivity index (χ2v) is 9.03. The third kappa shape index (κ3) is 7.30. The van der Waals surface area contributed by atoms with Gasteiger partial charge in [-0.05, 0) is 56.9 Å². The molecule has 4 heteroatoms. The van der Waals surface area contributed by atoms with Gasteiger partial charge in [-0.2, -0.15) is 5.10 Å². The van der Waals surface area contributed by atoms with E-state index in [1.807, 2.05) is 11.6 Å². The van der Waals surface area contributed by atoms with Crippen LogP contribution >= 0.6 is 0 Å². The maximum absolute atomic E-state index is 12.6. The molecular weight excluding hydrogens is 370 g/mol. The number of hydrogen-bond acceptors (Lipinski definition) is 2. The van der Waals surface area contributed by atoms with E-state index >= 15 is 0 Å². The van der Waals surface area contributed by atoms with Crippen LogP contribution in [0.3, 0.4) is 0 Å². The van der Waals surface area contributed by atoms with Crippen LogP contribution in [0.4, 0.5) is 0 Å². The van der Waals surface area contributed by atoms with Crippen LogP contribution in [0.15, 0.2) is 30.3 Å². The summed E-state index contributed by atoms with van der Waals surface area (Å²) in [6.07, 6.45) is 15.6. The highest BCUT2D eigenvalue weighted by atomic mass is 16.1. The minimum Gasteiger partial charge on any atom is -0.353 e. The van der Waals surface area contributed by atoms with E-state index in [9.17, 15) is 4.79 Å². The average Bonchev–Trinajstić information content (AvgIpc) is 3.07. The van der Waals surface area contributed by atoms with E-state index in [0.29, 0.717) is 12.5 Å². The minimum absolute atomic E-state index is 0.203. The Labute approximate surface area is 182 Å². The number of nitrogens with one attached hydrogen (secondary N) is 1. The number of hydrogen-bond donors (Lipinski definition) is 1. The van der Waals surface area contributed by atoms with Gasteiger partial charge in [0.2, 0.25) is 5.91 Å². The molecule has 0 saturated heterocycles. The van der Waals surface area contributed by atoms with Gasteiger partial charge >= 0.3 is 0 Å². The van der Waals surface area contributed by atoms with Gasteiger partial charge in [0.05, 0.1) is 11.4 Å². The molecule has 1 aromatic carbocycles. The molecule has 0 radical (unpaired) electrons. The van der Waals surface area contributed by atoms with Crippen molar-refractivity contribution in [1.82, 2.24) is 15.1 Å². The highest BCUT2D eigenvalue weighted by molar-refractivity contribution is 5.76. The van der Waals surface area contributed by atoms with Crippen LogP contribution < -0.4 is 5.32 Å². The number of nitrogens with zero attached hydrogens (tertiary/aromatic N) is 2. The largest absolute Gasteiger partial charge is 0.353 e. The number of amides is 1. The molecule has 4 nitrogen and oxygen atoms in total. The number of rotatable bonds is 5. The van der Waals surface area contributed by atoms with Crippen molar-refractivity contribution < 1.29 is 4.79 Å². The second-order valence-electron chi connectivity index (χ2n) is 9.03. The molecule has 0 aliphatic heterocycles. The molecule has 1 saturated carbocycles. The van der Waals surface area contributed by atoms with Crippen LogP contribution in [-0.2, 0) is 11.2 Å². The van der Waals surface area contributed by atoms with Gasteiger partial charge in [-0.25, -0.2) is 4.68 Å². The van der Waals surface area contributed by atoms with Gasteiger partial charge in [0.1, 0.15) is 0 Å². The highest BCUT2D eigenvalue weighted by Gasteiger charge is 2.13. The molecule has 0 spiro atoms. The Morgan fingerprint density at radius 3 is 2.03 bits per heavy atom. The molecule has 0 atom stereocenters. The lowest BCUT2D eigenvalue weighted by Gasteiger charge is -2.19. The van der Waals surface area contributed by atoms with Crippen LogP contribution in [0.1, 0.15) is 94.0 Å². The molecule has 2 aromatic rings. The first-order valence-corrected chi connectivity index (χ1v) is 12.0. The molecule has 0 unspecified atom stereocenters. The summed E-state index contributed by atoms with van der Waals surface area (Å²) in [6.45, 7) is 4.08. The van der Waals surface area contributed by atoms with Crippen molar-refractivity contribution in [1.29, 1.82) is 0 Å². The summed E-state index contributed by atoms with van der Waals surface area (Å²) in [4.78, 5) is 12.6. The fraction of sp³-hybridized carbons (Fsp3) is 0.615. The zero-order valence-electron chi connectivity index (χ0n) is 19.0. The lowest BCUT2D eigenvalue weighted by atomic mass is 9.97. The van der Waals surface area contributed by atoms with Gasteiger partial charge in [0, 0.05) is 18.2 Å². The molecule has 1 heterocycles. The lowest BCUT2D eigenvalue weighted by molar-refractivity contribution is -0.121. The smallest absolute Gasteiger partial charge is 0.220 e. The van der Waals surface area contributed by atoms with Gasteiger partial charge in [0.25, 0.3) is 0 Å². The predicted molar refractivity (Wildman–Crippen MR) is 124 cm³/mol. The number of carbonyl (C=O) groups is 1. The molecule has 1 aliphatic rings. The molecule has 1 aliphatic carbocycles. The zero-order valence-corrected chi connectivity index (χ0v) is 19.0. The van der Waals surface area contributed by atoms with Crippen molar-refractivity contribution in [3.8, 4) is 5.69 Å². The van der Waals surface area contributed by atoms with E-state index in [-0.39, 0.29) is 5.91 Å². The Morgan fingerprint density at radius 2 is 1.50 bits per heavy atom. The molecule has 0 bridgehead atoms. The average molecular weight is 410 g/mol. The van der Waals surface area contributed by atoms with E-state index in [2.05, 4.69) is 47.7 Å². The van der Waals surface area contributed by atoms with E-state index in [1.54, 1.807) is 0 Å². The summed E-state index contributed by atoms with van der Waals surface area (Å²) in [5.74, 6) is 0.203. The van der Waals surface area contributed by atoms with Crippen molar-refractivity contribution in [3.63, 3.8) is 0 Å². The maximum Gasteiger partial charge on any atom is 0.220 e. The number of aryl methyl sites for hydroxylation is 3. The Morgan fingerprint density at radius 1 is 0.933 bits per heavy atom. The molecule has 1 fully saturated rings. The first-order chi connectivity index (χ1) is 14.6. The summed E-state index contributed by atoms with van der Waals surface area (Å²) in [5, 5.41) is 7.88. The van der Waals surface area contributed by atoms with Crippen LogP contribution in [-0.4, -0.2) is 21.7 Å². The summed E-state index contributed by atoms with van der Waals surface area (Å²) in [6, 6.07) is 10.9. The quantitative estimate of drug-likeness (QED) is 0.638. The fourth-order valence-corrected chi connectivity index (χ4v) is 4.56. The molecular formula is C26H39N3O. The Kier molecular flexibility index (Phi) is 8.98. The van der Waals surface area contributed by atoms with Crippen molar-refractivity contribution >= 4 is 5.91 Å². The van der Waals surface area contributed by atoms with Gasteiger partial charge in [-0.3, -0.25) is 4.79 Å². The molecule has 30 heavy (non-hydrogen) atoms. The molecule has 1 amide bonds. The second kappa shape index (κ2) is 11.9. The standard InChI is InChI=1S/C26H39N3O/c1-21-20-22(2)29(28-21)25-17-14-23(15-18-25)16-19-26(30)27-24-12-10-8-6-4-3-5-7-9-11-13-24/h14-15,17-18,20,24H,3-13,16,19H2,1-2H3,(H,27,30). The third-order valence-electron chi connectivity index (χ3n) is 6.30. The summed E-state index contributed by atoms with van der Waals surface area (Å²) in [5.41, 5.74) is 4.44. The maximum atomic E-state index is 12.6. The monoisotopic (exact) mass is 409 g/mol. The normalized spacial score (nSPS) is 17.1.